The van der Waals surface area contributed by atoms with Crippen LogP contribution in [0.4, 0.5) is 5.69 Å². The van der Waals surface area contributed by atoms with Gasteiger partial charge in [-0.25, -0.2) is 4.99 Å². The molecule has 0 radical (unpaired) electrons. The summed E-state index contributed by atoms with van der Waals surface area (Å²) in [7, 11) is 0. The van der Waals surface area contributed by atoms with Gasteiger partial charge < -0.3 is 21.1 Å². The molecule has 2 aromatic rings. The molecule has 1 aromatic heterocycles. The summed E-state index contributed by atoms with van der Waals surface area (Å²) in [5.41, 5.74) is 0.776. The zero-order chi connectivity index (χ0) is 19.0. The van der Waals surface area contributed by atoms with E-state index in [0.29, 0.717) is 19.0 Å². The first-order chi connectivity index (χ1) is 12.4. The van der Waals surface area contributed by atoms with Crippen LogP contribution in [0.15, 0.2) is 46.8 Å². The van der Waals surface area contributed by atoms with Crippen LogP contribution in [0.3, 0.4) is 0 Å². The molecule has 0 aliphatic rings. The van der Waals surface area contributed by atoms with Crippen molar-refractivity contribution >= 4 is 28.9 Å². The molecule has 6 nitrogen and oxygen atoms in total. The van der Waals surface area contributed by atoms with Gasteiger partial charge in [0, 0.05) is 24.0 Å². The summed E-state index contributed by atoms with van der Waals surface area (Å²) >= 11 is 1.53. The van der Waals surface area contributed by atoms with E-state index < -0.39 is 5.60 Å². The van der Waals surface area contributed by atoms with Crippen molar-refractivity contribution in [1.82, 2.24) is 10.6 Å². The maximum atomic E-state index is 11.2. The highest BCUT2D eigenvalue weighted by Crippen LogP contribution is 2.24. The Kier molecular flexibility index (Phi) is 7.17. The van der Waals surface area contributed by atoms with Gasteiger partial charge in [0.2, 0.25) is 5.91 Å². The van der Waals surface area contributed by atoms with Crippen LogP contribution in [0.2, 0.25) is 0 Å². The fourth-order valence-corrected chi connectivity index (χ4v) is 3.18. The van der Waals surface area contributed by atoms with Crippen molar-refractivity contribution in [2.24, 2.45) is 4.99 Å². The zero-order valence-corrected chi connectivity index (χ0v) is 16.2. The van der Waals surface area contributed by atoms with Gasteiger partial charge in [0.25, 0.3) is 0 Å². The number of carbonyl (C=O) groups excluding carboxylic acids is 1. The van der Waals surface area contributed by atoms with E-state index in [-0.39, 0.29) is 5.91 Å². The first-order valence-corrected chi connectivity index (χ1v) is 9.44. The van der Waals surface area contributed by atoms with Crippen molar-refractivity contribution in [3.8, 4) is 0 Å². The topological polar surface area (TPSA) is 85.8 Å². The average Bonchev–Trinajstić information content (AvgIpc) is 3.13. The molecule has 140 valence electrons. The number of nitrogens with one attached hydrogen (secondary N) is 3. The average molecular weight is 375 g/mol. The van der Waals surface area contributed by atoms with E-state index in [9.17, 15) is 9.90 Å². The normalized spacial score (nSPS) is 13.8. The molecule has 1 aromatic carbocycles. The molecule has 1 atom stereocenters. The van der Waals surface area contributed by atoms with Gasteiger partial charge in [0.1, 0.15) is 5.60 Å². The molecule has 0 fully saturated rings. The van der Waals surface area contributed by atoms with Gasteiger partial charge in [0.05, 0.1) is 13.1 Å². The van der Waals surface area contributed by atoms with Gasteiger partial charge in [-0.2, -0.15) is 0 Å². The molecule has 0 aliphatic heterocycles. The predicted molar refractivity (Wildman–Crippen MR) is 107 cm³/mol. The predicted octanol–water partition coefficient (Wildman–Crippen LogP) is 2.67. The largest absolute Gasteiger partial charge is 0.383 e. The van der Waals surface area contributed by atoms with E-state index in [2.05, 4.69) is 20.9 Å². The van der Waals surface area contributed by atoms with E-state index >= 15 is 0 Å². The maximum Gasteiger partial charge on any atom is 0.221 e. The lowest BCUT2D eigenvalue weighted by Gasteiger charge is -2.23. The van der Waals surface area contributed by atoms with Crippen LogP contribution >= 0.6 is 11.3 Å². The van der Waals surface area contributed by atoms with Crippen LogP contribution in [0.1, 0.15) is 31.2 Å². The van der Waals surface area contributed by atoms with Gasteiger partial charge in [-0.3, -0.25) is 4.79 Å². The van der Waals surface area contributed by atoms with Crippen LogP contribution < -0.4 is 16.0 Å². The molecule has 1 amide bonds. The van der Waals surface area contributed by atoms with E-state index in [4.69, 9.17) is 0 Å². The molecular weight excluding hydrogens is 348 g/mol. The van der Waals surface area contributed by atoms with Gasteiger partial charge in [-0.15, -0.1) is 11.3 Å². The molecule has 2 rings (SSSR count). The third kappa shape index (κ3) is 6.16. The second-order valence-electron chi connectivity index (χ2n) is 6.18. The highest BCUT2D eigenvalue weighted by Gasteiger charge is 2.24. The van der Waals surface area contributed by atoms with Crippen molar-refractivity contribution in [2.45, 2.75) is 32.9 Å². The number of benzene rings is 1. The van der Waals surface area contributed by atoms with E-state index in [1.807, 2.05) is 48.7 Å². The van der Waals surface area contributed by atoms with Gasteiger partial charge in [0.15, 0.2) is 5.96 Å². The summed E-state index contributed by atoms with van der Waals surface area (Å²) < 4.78 is 0. The first-order valence-electron chi connectivity index (χ1n) is 8.56. The highest BCUT2D eigenvalue weighted by molar-refractivity contribution is 7.10. The fourth-order valence-electron chi connectivity index (χ4n) is 2.39. The summed E-state index contributed by atoms with van der Waals surface area (Å²) in [5, 5.41) is 21.7. The SMILES string of the molecule is CCNC(=NCc1cccc(NC(C)=O)c1)NCC(C)(O)c1cccs1. The number of hydrogen-bond acceptors (Lipinski definition) is 4. The number of guanidine groups is 1. The summed E-state index contributed by atoms with van der Waals surface area (Å²) in [6.07, 6.45) is 0. The number of aliphatic imine (C=N–C) groups is 1. The third-order valence-corrected chi connectivity index (χ3v) is 4.79. The standard InChI is InChI=1S/C19H26N4O2S/c1-4-20-18(22-13-19(3,25)17-9-6-10-26-17)21-12-15-7-5-8-16(11-15)23-14(2)24/h5-11,25H,4,12-13H2,1-3H3,(H,23,24)(H2,20,21,22). The van der Waals surface area contributed by atoms with Gasteiger partial charge in [-0.1, -0.05) is 18.2 Å². The Hall–Kier alpha value is -2.38. The number of nitrogens with zero attached hydrogens (tertiary/aromatic N) is 1. The fraction of sp³-hybridized carbons (Fsp3) is 0.368. The molecule has 0 aliphatic carbocycles. The van der Waals surface area contributed by atoms with Crippen LogP contribution in [0.25, 0.3) is 0 Å². The van der Waals surface area contributed by atoms with E-state index in [0.717, 1.165) is 22.7 Å². The molecule has 1 unspecified atom stereocenters. The highest BCUT2D eigenvalue weighted by atomic mass is 32.1. The number of aliphatic hydroxyl groups is 1. The Labute approximate surface area is 158 Å². The lowest BCUT2D eigenvalue weighted by molar-refractivity contribution is -0.114. The Bertz CT molecular complexity index is 742. The molecule has 0 saturated carbocycles. The second kappa shape index (κ2) is 9.35. The van der Waals surface area contributed by atoms with Crippen molar-refractivity contribution in [3.05, 3.63) is 52.2 Å². The Morgan fingerprint density at radius 3 is 2.73 bits per heavy atom. The molecule has 7 heteroatoms. The van der Waals surface area contributed by atoms with Gasteiger partial charge >= 0.3 is 0 Å². The number of carbonyl (C=O) groups is 1. The maximum absolute atomic E-state index is 11.2. The van der Waals surface area contributed by atoms with Crippen LogP contribution in [-0.4, -0.2) is 30.1 Å². The summed E-state index contributed by atoms with van der Waals surface area (Å²) in [6, 6.07) is 11.4. The monoisotopic (exact) mass is 374 g/mol. The van der Waals surface area contributed by atoms with Crippen molar-refractivity contribution in [1.29, 1.82) is 0 Å². The molecule has 1 heterocycles. The minimum Gasteiger partial charge on any atom is -0.383 e. The van der Waals surface area contributed by atoms with E-state index in [1.165, 1.54) is 18.3 Å². The van der Waals surface area contributed by atoms with E-state index in [1.54, 1.807) is 6.92 Å². The van der Waals surface area contributed by atoms with Gasteiger partial charge in [-0.05, 0) is 43.0 Å². The Morgan fingerprint density at radius 2 is 2.08 bits per heavy atom. The van der Waals surface area contributed by atoms with Crippen LogP contribution in [-0.2, 0) is 16.9 Å². The molecule has 0 saturated heterocycles. The first kappa shape index (κ1) is 19.9. The molecule has 0 bridgehead atoms. The minimum atomic E-state index is -0.963. The van der Waals surface area contributed by atoms with Crippen LogP contribution in [0.5, 0.6) is 0 Å². The quantitative estimate of drug-likeness (QED) is 0.443. The lowest BCUT2D eigenvalue weighted by Crippen LogP contribution is -2.44. The number of rotatable bonds is 7. The number of thiophene rings is 1. The lowest BCUT2D eigenvalue weighted by atomic mass is 10.1. The Balaban J connectivity index is 2.01. The molecule has 4 N–H and O–H groups in total. The zero-order valence-electron chi connectivity index (χ0n) is 15.4. The van der Waals surface area contributed by atoms with Crippen molar-refractivity contribution in [3.63, 3.8) is 0 Å². The smallest absolute Gasteiger partial charge is 0.221 e. The number of amides is 1. The number of anilines is 1. The summed E-state index contributed by atoms with van der Waals surface area (Å²) in [4.78, 5) is 16.6. The van der Waals surface area contributed by atoms with Crippen LogP contribution in [0, 0.1) is 0 Å². The molecule has 26 heavy (non-hydrogen) atoms. The Morgan fingerprint density at radius 1 is 1.27 bits per heavy atom. The number of hydrogen-bond donors (Lipinski definition) is 4. The summed E-state index contributed by atoms with van der Waals surface area (Å²) in [5.74, 6) is 0.533. The van der Waals surface area contributed by atoms with Crippen molar-refractivity contribution in [2.75, 3.05) is 18.4 Å². The molecule has 0 spiro atoms. The van der Waals surface area contributed by atoms with Crippen molar-refractivity contribution < 1.29 is 9.90 Å². The second-order valence-corrected chi connectivity index (χ2v) is 7.13. The molecular formula is C19H26N4O2S. The minimum absolute atomic E-state index is 0.100. The third-order valence-electron chi connectivity index (χ3n) is 3.66. The summed E-state index contributed by atoms with van der Waals surface area (Å²) in [6.45, 7) is 6.80.